The predicted octanol–water partition coefficient (Wildman–Crippen LogP) is 2.57. The van der Waals surface area contributed by atoms with Gasteiger partial charge in [0.25, 0.3) is 11.8 Å². The summed E-state index contributed by atoms with van der Waals surface area (Å²) >= 11 is 0. The highest BCUT2D eigenvalue weighted by Crippen LogP contribution is 2.20. The van der Waals surface area contributed by atoms with Gasteiger partial charge in [0.15, 0.2) is 0 Å². The molecule has 1 atom stereocenters. The fraction of sp³-hybridized carbons (Fsp3) is 0.409. The zero-order valence-electron chi connectivity index (χ0n) is 16.6. The van der Waals surface area contributed by atoms with E-state index < -0.39 is 0 Å². The maximum absolute atomic E-state index is 13.4. The molecule has 2 heterocycles. The SMILES string of the molecule is CN(C)C(=O)c1ccc(C(=O)N(Cc2ccccn2)C2CCCNCC2)cc1. The second-order valence-electron chi connectivity index (χ2n) is 7.37. The van der Waals surface area contributed by atoms with Crippen molar-refractivity contribution in [3.8, 4) is 0 Å². The highest BCUT2D eigenvalue weighted by atomic mass is 16.2. The second kappa shape index (κ2) is 9.46. The minimum atomic E-state index is -0.0702. The summed E-state index contributed by atoms with van der Waals surface area (Å²) in [5.74, 6) is -0.0828. The minimum absolute atomic E-state index is 0.0126. The summed E-state index contributed by atoms with van der Waals surface area (Å²) in [4.78, 5) is 33.3. The van der Waals surface area contributed by atoms with Crippen molar-refractivity contribution in [2.45, 2.75) is 31.8 Å². The van der Waals surface area contributed by atoms with Gasteiger partial charge in [0, 0.05) is 37.5 Å². The van der Waals surface area contributed by atoms with Crippen molar-refractivity contribution in [2.75, 3.05) is 27.2 Å². The number of nitrogens with zero attached hydrogens (tertiary/aromatic N) is 3. The van der Waals surface area contributed by atoms with Gasteiger partial charge in [-0.15, -0.1) is 0 Å². The molecule has 148 valence electrons. The molecule has 1 aromatic heterocycles. The molecule has 0 radical (unpaired) electrons. The molecule has 1 N–H and O–H groups in total. The van der Waals surface area contributed by atoms with E-state index in [2.05, 4.69) is 10.3 Å². The van der Waals surface area contributed by atoms with Gasteiger partial charge in [0.05, 0.1) is 12.2 Å². The Bertz CT molecular complexity index is 782. The van der Waals surface area contributed by atoms with E-state index in [-0.39, 0.29) is 17.9 Å². The highest BCUT2D eigenvalue weighted by molar-refractivity contribution is 5.97. The molecule has 1 saturated heterocycles. The third-order valence-corrected chi connectivity index (χ3v) is 5.09. The molecule has 6 nitrogen and oxygen atoms in total. The first kappa shape index (κ1) is 20.0. The number of pyridine rings is 1. The van der Waals surface area contributed by atoms with Crippen LogP contribution in [0, 0.1) is 0 Å². The van der Waals surface area contributed by atoms with Gasteiger partial charge in [-0.25, -0.2) is 0 Å². The Hall–Kier alpha value is -2.73. The number of aromatic nitrogens is 1. The van der Waals surface area contributed by atoms with E-state index in [1.807, 2.05) is 23.1 Å². The number of carbonyl (C=O) groups excluding carboxylic acids is 2. The van der Waals surface area contributed by atoms with E-state index in [9.17, 15) is 9.59 Å². The lowest BCUT2D eigenvalue weighted by Crippen LogP contribution is -2.40. The molecule has 2 aromatic rings. The fourth-order valence-electron chi connectivity index (χ4n) is 3.52. The second-order valence-corrected chi connectivity index (χ2v) is 7.37. The maximum Gasteiger partial charge on any atom is 0.254 e. The fourth-order valence-corrected chi connectivity index (χ4v) is 3.52. The van der Waals surface area contributed by atoms with Crippen LogP contribution >= 0.6 is 0 Å². The Balaban J connectivity index is 1.83. The quantitative estimate of drug-likeness (QED) is 0.866. The molecule has 6 heteroatoms. The van der Waals surface area contributed by atoms with Gasteiger partial charge < -0.3 is 15.1 Å². The summed E-state index contributed by atoms with van der Waals surface area (Å²) in [6.45, 7) is 2.39. The maximum atomic E-state index is 13.4. The smallest absolute Gasteiger partial charge is 0.254 e. The van der Waals surface area contributed by atoms with Crippen molar-refractivity contribution < 1.29 is 9.59 Å². The lowest BCUT2D eigenvalue weighted by atomic mass is 10.0. The van der Waals surface area contributed by atoms with Gasteiger partial charge >= 0.3 is 0 Å². The topological polar surface area (TPSA) is 65.5 Å². The Kier molecular flexibility index (Phi) is 6.76. The van der Waals surface area contributed by atoms with Gasteiger partial charge in [-0.2, -0.15) is 0 Å². The van der Waals surface area contributed by atoms with E-state index in [1.165, 1.54) is 4.90 Å². The number of benzene rings is 1. The number of carbonyl (C=O) groups is 2. The molecule has 1 aliphatic heterocycles. The van der Waals surface area contributed by atoms with Crippen molar-refractivity contribution in [3.63, 3.8) is 0 Å². The average Bonchev–Trinajstić information content (AvgIpc) is 3.01. The van der Waals surface area contributed by atoms with Crippen molar-refractivity contribution in [2.24, 2.45) is 0 Å². The zero-order valence-corrected chi connectivity index (χ0v) is 16.6. The van der Waals surface area contributed by atoms with Gasteiger partial charge in [-0.3, -0.25) is 14.6 Å². The molecular formula is C22H28N4O2. The van der Waals surface area contributed by atoms with Crippen LogP contribution in [0.1, 0.15) is 45.7 Å². The molecule has 1 aromatic carbocycles. The molecule has 0 aliphatic carbocycles. The van der Waals surface area contributed by atoms with E-state index in [0.717, 1.165) is 38.0 Å². The minimum Gasteiger partial charge on any atom is -0.345 e. The van der Waals surface area contributed by atoms with Crippen LogP contribution in [0.25, 0.3) is 0 Å². The van der Waals surface area contributed by atoms with E-state index in [1.54, 1.807) is 44.6 Å². The van der Waals surface area contributed by atoms with Crippen LogP contribution in [0.4, 0.5) is 0 Å². The van der Waals surface area contributed by atoms with Crippen molar-refractivity contribution in [1.29, 1.82) is 0 Å². The summed E-state index contributed by atoms with van der Waals surface area (Å²) in [5.41, 5.74) is 2.06. The molecule has 0 saturated carbocycles. The normalized spacial score (nSPS) is 16.9. The van der Waals surface area contributed by atoms with Gasteiger partial charge in [0.2, 0.25) is 0 Å². The summed E-state index contributed by atoms with van der Waals surface area (Å²) in [6, 6.07) is 12.9. The molecule has 1 aliphatic rings. The predicted molar refractivity (Wildman–Crippen MR) is 109 cm³/mol. The lowest BCUT2D eigenvalue weighted by Gasteiger charge is -2.31. The van der Waals surface area contributed by atoms with E-state index in [0.29, 0.717) is 17.7 Å². The number of hydrogen-bond acceptors (Lipinski definition) is 4. The third kappa shape index (κ3) is 4.95. The average molecular weight is 380 g/mol. The summed E-state index contributed by atoms with van der Waals surface area (Å²) in [7, 11) is 3.44. The summed E-state index contributed by atoms with van der Waals surface area (Å²) < 4.78 is 0. The van der Waals surface area contributed by atoms with Crippen LogP contribution in [0.15, 0.2) is 48.7 Å². The van der Waals surface area contributed by atoms with E-state index >= 15 is 0 Å². The number of amides is 2. The van der Waals surface area contributed by atoms with E-state index in [4.69, 9.17) is 0 Å². The van der Waals surface area contributed by atoms with Gasteiger partial charge in [0.1, 0.15) is 0 Å². The van der Waals surface area contributed by atoms with Crippen molar-refractivity contribution >= 4 is 11.8 Å². The molecule has 0 spiro atoms. The Morgan fingerprint density at radius 2 is 1.71 bits per heavy atom. The van der Waals surface area contributed by atoms with Crippen LogP contribution in [-0.2, 0) is 6.54 Å². The highest BCUT2D eigenvalue weighted by Gasteiger charge is 2.26. The molecule has 1 unspecified atom stereocenters. The van der Waals surface area contributed by atoms with Gasteiger partial charge in [-0.05, 0) is 68.8 Å². The molecule has 3 rings (SSSR count). The van der Waals surface area contributed by atoms with Crippen LogP contribution in [0.3, 0.4) is 0 Å². The van der Waals surface area contributed by atoms with Crippen LogP contribution < -0.4 is 5.32 Å². The van der Waals surface area contributed by atoms with Crippen LogP contribution in [-0.4, -0.2) is 59.8 Å². The monoisotopic (exact) mass is 380 g/mol. The first-order valence-electron chi connectivity index (χ1n) is 9.79. The number of hydrogen-bond donors (Lipinski definition) is 1. The molecule has 0 bridgehead atoms. The Labute approximate surface area is 166 Å². The first-order chi connectivity index (χ1) is 13.6. The Morgan fingerprint density at radius 3 is 2.36 bits per heavy atom. The summed E-state index contributed by atoms with van der Waals surface area (Å²) in [5, 5.41) is 3.41. The standard InChI is InChI=1S/C22H28N4O2/c1-25(2)21(27)17-8-10-18(11-9-17)22(28)26(16-19-6-3-4-14-24-19)20-7-5-13-23-15-12-20/h3-4,6,8-11,14,20,23H,5,7,12-13,15-16H2,1-2H3. The number of nitrogens with one attached hydrogen (secondary N) is 1. The van der Waals surface area contributed by atoms with Crippen molar-refractivity contribution in [3.05, 3.63) is 65.5 Å². The Morgan fingerprint density at radius 1 is 1.00 bits per heavy atom. The van der Waals surface area contributed by atoms with Crippen molar-refractivity contribution in [1.82, 2.24) is 20.1 Å². The number of rotatable bonds is 5. The van der Waals surface area contributed by atoms with Crippen LogP contribution in [0.5, 0.6) is 0 Å². The van der Waals surface area contributed by atoms with Crippen LogP contribution in [0.2, 0.25) is 0 Å². The molecule has 28 heavy (non-hydrogen) atoms. The summed E-state index contributed by atoms with van der Waals surface area (Å²) in [6.07, 6.45) is 4.71. The molecule has 2 amide bonds. The molecule has 1 fully saturated rings. The lowest BCUT2D eigenvalue weighted by molar-refractivity contribution is 0.0641. The third-order valence-electron chi connectivity index (χ3n) is 5.09. The largest absolute Gasteiger partial charge is 0.345 e. The van der Waals surface area contributed by atoms with Gasteiger partial charge in [-0.1, -0.05) is 6.07 Å². The zero-order chi connectivity index (χ0) is 19.9. The molecular weight excluding hydrogens is 352 g/mol. The first-order valence-corrected chi connectivity index (χ1v) is 9.79.